The van der Waals surface area contributed by atoms with E-state index in [-0.39, 0.29) is 11.6 Å². The molecule has 176 valence electrons. The number of hydrogen-bond acceptors (Lipinski definition) is 5. The Morgan fingerprint density at radius 3 is 2.47 bits per heavy atom. The topological polar surface area (TPSA) is 132 Å². The van der Waals surface area contributed by atoms with Crippen LogP contribution < -0.4 is 11.2 Å². The third-order valence-electron chi connectivity index (χ3n) is 5.06. The van der Waals surface area contributed by atoms with E-state index in [4.69, 9.17) is 20.4 Å². The number of benzene rings is 1. The molecule has 1 unspecified atom stereocenters. The van der Waals surface area contributed by atoms with E-state index < -0.39 is 23.5 Å². The molecule has 1 aromatic heterocycles. The summed E-state index contributed by atoms with van der Waals surface area (Å²) in [5.41, 5.74) is 7.92. The van der Waals surface area contributed by atoms with Crippen LogP contribution in [0.2, 0.25) is 0 Å². The molecule has 2 heterocycles. The number of pyridine rings is 1. The number of carboxylic acid groups (broad SMARTS) is 2. The molecular weight excluding hydrogens is 433 g/mol. The van der Waals surface area contributed by atoms with Gasteiger partial charge in [0.1, 0.15) is 5.56 Å². The first kappa shape index (κ1) is 25.3. The smallest absolute Gasteiger partial charge is 0.477 e. The fourth-order valence-electron chi connectivity index (χ4n) is 3.55. The van der Waals surface area contributed by atoms with E-state index >= 15 is 0 Å². The fourth-order valence-corrected chi connectivity index (χ4v) is 3.55. The molecule has 0 fully saturated rings. The van der Waals surface area contributed by atoms with E-state index in [1.165, 1.54) is 6.20 Å². The van der Waals surface area contributed by atoms with Crippen molar-refractivity contribution in [1.29, 1.82) is 0 Å². The molecule has 8 nitrogen and oxygen atoms in total. The summed E-state index contributed by atoms with van der Waals surface area (Å²) in [5, 5.41) is 17.0. The molecule has 0 saturated carbocycles. The minimum Gasteiger partial charge on any atom is -0.477 e. The van der Waals surface area contributed by atoms with Crippen LogP contribution in [-0.4, -0.2) is 52.7 Å². The Balaban J connectivity index is 0.000000451. The van der Waals surface area contributed by atoms with Crippen molar-refractivity contribution >= 4 is 22.8 Å². The lowest BCUT2D eigenvalue weighted by atomic mass is 9.93. The van der Waals surface area contributed by atoms with Gasteiger partial charge in [-0.25, -0.2) is 9.59 Å². The van der Waals surface area contributed by atoms with Crippen molar-refractivity contribution in [3.8, 4) is 0 Å². The van der Waals surface area contributed by atoms with Gasteiger partial charge >= 0.3 is 18.1 Å². The van der Waals surface area contributed by atoms with Gasteiger partial charge in [0.25, 0.3) is 0 Å². The van der Waals surface area contributed by atoms with E-state index in [2.05, 4.69) is 13.0 Å². The largest absolute Gasteiger partial charge is 0.490 e. The number of aromatic nitrogens is 1. The molecule has 0 radical (unpaired) electrons. The molecule has 0 saturated heterocycles. The summed E-state index contributed by atoms with van der Waals surface area (Å²) >= 11 is 0. The normalized spacial score (nSPS) is 15.2. The number of nitrogens with zero attached hydrogens (tertiary/aromatic N) is 1. The third-order valence-corrected chi connectivity index (χ3v) is 5.06. The highest BCUT2D eigenvalue weighted by atomic mass is 19.4. The molecule has 0 aliphatic carbocycles. The Hall–Kier alpha value is -2.92. The molecule has 0 amide bonds. The summed E-state index contributed by atoms with van der Waals surface area (Å²) in [6, 6.07) is 4.18. The zero-order valence-electron chi connectivity index (χ0n) is 17.4. The Labute approximate surface area is 181 Å². The lowest BCUT2D eigenvalue weighted by Gasteiger charge is -2.27. The Bertz CT molecular complexity index is 1050. The van der Waals surface area contributed by atoms with E-state index in [1.54, 1.807) is 0 Å². The van der Waals surface area contributed by atoms with Crippen LogP contribution in [0.1, 0.15) is 47.3 Å². The highest BCUT2D eigenvalue weighted by molar-refractivity contribution is 5.94. The average molecular weight is 458 g/mol. The molecule has 1 aliphatic heterocycles. The van der Waals surface area contributed by atoms with Crippen LogP contribution >= 0.6 is 0 Å². The van der Waals surface area contributed by atoms with Crippen molar-refractivity contribution in [1.82, 2.24) is 4.57 Å². The van der Waals surface area contributed by atoms with Crippen LogP contribution in [-0.2, 0) is 22.4 Å². The van der Waals surface area contributed by atoms with Crippen molar-refractivity contribution in [2.24, 2.45) is 5.73 Å². The van der Waals surface area contributed by atoms with Crippen molar-refractivity contribution < 1.29 is 37.7 Å². The summed E-state index contributed by atoms with van der Waals surface area (Å²) in [6.45, 7) is 3.74. The van der Waals surface area contributed by atoms with Gasteiger partial charge in [0.05, 0.1) is 12.1 Å². The predicted octanol–water partition coefficient (Wildman–Crippen LogP) is 2.75. The van der Waals surface area contributed by atoms with Crippen LogP contribution in [0.15, 0.2) is 23.1 Å². The zero-order valence-corrected chi connectivity index (χ0v) is 17.4. The molecule has 1 aliphatic rings. The maximum Gasteiger partial charge on any atom is 0.490 e. The van der Waals surface area contributed by atoms with E-state index in [0.717, 1.165) is 42.3 Å². The van der Waals surface area contributed by atoms with Gasteiger partial charge in [0.2, 0.25) is 5.43 Å². The number of hydrogen-bond donors (Lipinski definition) is 3. The Morgan fingerprint density at radius 2 is 1.91 bits per heavy atom. The number of aromatic carboxylic acids is 1. The van der Waals surface area contributed by atoms with Crippen molar-refractivity contribution in [2.45, 2.75) is 44.8 Å². The van der Waals surface area contributed by atoms with Gasteiger partial charge in [0.15, 0.2) is 0 Å². The second kappa shape index (κ2) is 10.6. The number of alkyl halides is 3. The second-order valence-corrected chi connectivity index (χ2v) is 7.43. The van der Waals surface area contributed by atoms with Gasteiger partial charge in [-0.05, 0) is 49.8 Å². The summed E-state index contributed by atoms with van der Waals surface area (Å²) in [7, 11) is 0. The average Bonchev–Trinajstić information content (AvgIpc) is 2.71. The van der Waals surface area contributed by atoms with Crippen molar-refractivity contribution in [2.75, 3.05) is 19.8 Å². The summed E-state index contributed by atoms with van der Waals surface area (Å²) < 4.78 is 39.1. The van der Waals surface area contributed by atoms with Gasteiger partial charge in [-0.1, -0.05) is 6.07 Å². The van der Waals surface area contributed by atoms with E-state index in [0.29, 0.717) is 25.1 Å². The zero-order chi connectivity index (χ0) is 24.1. The van der Waals surface area contributed by atoms with E-state index in [9.17, 15) is 27.9 Å². The molecule has 0 bridgehead atoms. The van der Waals surface area contributed by atoms with Crippen LogP contribution in [0.4, 0.5) is 13.2 Å². The van der Waals surface area contributed by atoms with Crippen molar-refractivity contribution in [3.63, 3.8) is 0 Å². The quantitative estimate of drug-likeness (QED) is 0.544. The summed E-state index contributed by atoms with van der Waals surface area (Å²) in [5.74, 6) is -3.93. The summed E-state index contributed by atoms with van der Waals surface area (Å²) in [6.07, 6.45) is -0.108. The molecule has 1 aromatic carbocycles. The fraction of sp³-hybridized carbons (Fsp3) is 0.476. The van der Waals surface area contributed by atoms with Gasteiger partial charge in [-0.15, -0.1) is 0 Å². The SMILES string of the molecule is CC1CCc2cc(CCCOCCN)cc3c(=O)c(C(=O)O)cn1c23.O=C(O)C(F)(F)F. The molecule has 32 heavy (non-hydrogen) atoms. The van der Waals surface area contributed by atoms with Gasteiger partial charge in [-0.3, -0.25) is 4.79 Å². The lowest BCUT2D eigenvalue weighted by Crippen LogP contribution is -2.24. The number of aryl methyl sites for hydroxylation is 2. The molecule has 11 heteroatoms. The predicted molar refractivity (Wildman–Crippen MR) is 110 cm³/mol. The van der Waals surface area contributed by atoms with E-state index in [1.807, 2.05) is 10.6 Å². The second-order valence-electron chi connectivity index (χ2n) is 7.43. The van der Waals surface area contributed by atoms with Crippen LogP contribution in [0, 0.1) is 0 Å². The lowest BCUT2D eigenvalue weighted by molar-refractivity contribution is -0.192. The number of rotatable bonds is 7. The third kappa shape index (κ3) is 6.07. The minimum absolute atomic E-state index is 0.157. The van der Waals surface area contributed by atoms with Crippen LogP contribution in [0.5, 0.6) is 0 Å². The van der Waals surface area contributed by atoms with Crippen LogP contribution in [0.25, 0.3) is 10.9 Å². The molecule has 4 N–H and O–H groups in total. The molecule has 3 rings (SSSR count). The number of nitrogens with two attached hydrogens (primary N) is 1. The van der Waals surface area contributed by atoms with Gasteiger partial charge in [0, 0.05) is 30.8 Å². The molecular formula is C21H25F3N2O6. The number of carbonyl (C=O) groups is 2. The van der Waals surface area contributed by atoms with Crippen molar-refractivity contribution in [3.05, 3.63) is 45.2 Å². The molecule has 0 spiro atoms. The first-order valence-corrected chi connectivity index (χ1v) is 9.99. The summed E-state index contributed by atoms with van der Waals surface area (Å²) in [4.78, 5) is 33.0. The highest BCUT2D eigenvalue weighted by Crippen LogP contribution is 2.31. The minimum atomic E-state index is -5.08. The Kier molecular flexibility index (Phi) is 8.39. The number of halogens is 3. The first-order chi connectivity index (χ1) is 15.0. The number of aliphatic carboxylic acids is 1. The first-order valence-electron chi connectivity index (χ1n) is 9.99. The monoisotopic (exact) mass is 458 g/mol. The van der Waals surface area contributed by atoms with Gasteiger partial charge < -0.3 is 25.3 Å². The maximum atomic E-state index is 12.7. The van der Waals surface area contributed by atoms with Crippen LogP contribution in [0.3, 0.4) is 0 Å². The molecule has 1 atom stereocenters. The number of ether oxygens (including phenoxy) is 1. The molecule has 2 aromatic rings. The Morgan fingerprint density at radius 1 is 1.25 bits per heavy atom. The van der Waals surface area contributed by atoms with Gasteiger partial charge in [-0.2, -0.15) is 13.2 Å². The number of carboxylic acids is 2. The maximum absolute atomic E-state index is 12.7. The standard InChI is InChI=1S/C19H24N2O4.C2HF3O2/c1-12-4-5-14-9-13(3-2-7-25-8-6-20)10-15-17(14)21(12)11-16(18(15)22)19(23)24;3-2(4,5)1(6)7/h9-12H,2-8,20H2,1H3,(H,23,24);(H,6,7). The highest BCUT2D eigenvalue weighted by Gasteiger charge is 2.38.